The lowest BCUT2D eigenvalue weighted by atomic mass is 10.1. The van der Waals surface area contributed by atoms with E-state index < -0.39 is 6.04 Å². The van der Waals surface area contributed by atoms with E-state index in [0.29, 0.717) is 19.5 Å². The molecule has 1 aromatic rings. The molecule has 2 aliphatic heterocycles. The van der Waals surface area contributed by atoms with Crippen LogP contribution in [-0.2, 0) is 20.8 Å². The molecule has 2 fully saturated rings. The molecule has 1 aromatic heterocycles. The second-order valence-electron chi connectivity index (χ2n) is 5.53. The number of nitrogens with zero attached hydrogens (tertiary/aromatic N) is 3. The predicted octanol–water partition coefficient (Wildman–Crippen LogP) is -0.695. The minimum Gasteiger partial charge on any atom is -0.341 e. The van der Waals surface area contributed by atoms with Crippen molar-refractivity contribution in [2.45, 2.75) is 18.5 Å². The molecule has 0 aromatic carbocycles. The largest absolute Gasteiger partial charge is 0.341 e. The highest BCUT2D eigenvalue weighted by Gasteiger charge is 2.46. The molecule has 3 amide bonds. The van der Waals surface area contributed by atoms with Crippen LogP contribution < -0.4 is 5.32 Å². The first-order valence-electron chi connectivity index (χ1n) is 7.15. The van der Waals surface area contributed by atoms with E-state index in [1.807, 2.05) is 17.5 Å². The summed E-state index contributed by atoms with van der Waals surface area (Å²) in [5.74, 6) is -0.354. The zero-order chi connectivity index (χ0) is 15.7. The Bertz CT molecular complexity index is 577. The molecule has 2 atom stereocenters. The highest BCUT2D eigenvalue weighted by atomic mass is 32.1. The van der Waals surface area contributed by atoms with E-state index in [1.165, 1.54) is 9.89 Å². The third-order valence-electron chi connectivity index (χ3n) is 4.11. The fraction of sp³-hybridized carbons (Fsp3) is 0.500. The smallest absolute Gasteiger partial charge is 0.247 e. The van der Waals surface area contributed by atoms with Gasteiger partial charge in [0.25, 0.3) is 0 Å². The summed E-state index contributed by atoms with van der Waals surface area (Å²) in [6, 6.07) is 3.03. The first-order valence-corrected chi connectivity index (χ1v) is 8.03. The van der Waals surface area contributed by atoms with Crippen LogP contribution >= 0.6 is 11.3 Å². The molecule has 2 aliphatic rings. The molecule has 118 valence electrons. The number of hydrogen-bond donors (Lipinski definition) is 1. The number of fused-ring (bicyclic) bond motifs is 1. The second-order valence-corrected chi connectivity index (χ2v) is 6.56. The van der Waals surface area contributed by atoms with Gasteiger partial charge >= 0.3 is 0 Å². The lowest BCUT2D eigenvalue weighted by Gasteiger charge is -2.31. The van der Waals surface area contributed by atoms with Crippen molar-refractivity contribution in [3.05, 3.63) is 22.4 Å². The van der Waals surface area contributed by atoms with Gasteiger partial charge < -0.3 is 10.2 Å². The van der Waals surface area contributed by atoms with Crippen molar-refractivity contribution < 1.29 is 14.4 Å². The molecule has 0 bridgehead atoms. The predicted molar refractivity (Wildman–Crippen MR) is 80.9 cm³/mol. The number of nitrogens with one attached hydrogen (secondary N) is 1. The summed E-state index contributed by atoms with van der Waals surface area (Å²) in [7, 11) is 1.68. The number of amides is 3. The Labute approximate surface area is 132 Å². The number of likely N-dealkylation sites (N-methyl/N-ethyl adjacent to an activating group) is 1. The van der Waals surface area contributed by atoms with Crippen molar-refractivity contribution >= 4 is 29.6 Å². The zero-order valence-electron chi connectivity index (χ0n) is 12.3. The highest BCUT2D eigenvalue weighted by Crippen LogP contribution is 2.21. The number of hydrogen-bond acceptors (Lipinski definition) is 5. The quantitative estimate of drug-likeness (QED) is 0.745. The molecular weight excluding hydrogens is 304 g/mol. The van der Waals surface area contributed by atoms with Gasteiger partial charge in [-0.15, -0.1) is 11.3 Å². The number of rotatable bonds is 4. The van der Waals surface area contributed by atoms with E-state index >= 15 is 0 Å². The van der Waals surface area contributed by atoms with E-state index in [0.717, 1.165) is 6.42 Å². The van der Waals surface area contributed by atoms with E-state index in [2.05, 4.69) is 5.32 Å². The molecule has 3 heterocycles. The average Bonchev–Trinajstić information content (AvgIpc) is 3.06. The topological polar surface area (TPSA) is 73.0 Å². The van der Waals surface area contributed by atoms with Crippen molar-refractivity contribution in [1.29, 1.82) is 0 Å². The summed E-state index contributed by atoms with van der Waals surface area (Å²) in [6.07, 6.45) is 1.47. The van der Waals surface area contributed by atoms with Gasteiger partial charge in [0.15, 0.2) is 0 Å². The van der Waals surface area contributed by atoms with Crippen LogP contribution in [0.1, 0.15) is 4.88 Å². The van der Waals surface area contributed by atoms with Gasteiger partial charge in [0.1, 0.15) is 6.04 Å². The zero-order valence-corrected chi connectivity index (χ0v) is 13.1. The van der Waals surface area contributed by atoms with Crippen molar-refractivity contribution in [2.24, 2.45) is 0 Å². The Kier molecular flexibility index (Phi) is 4.12. The van der Waals surface area contributed by atoms with Gasteiger partial charge in [0, 0.05) is 25.0 Å². The van der Waals surface area contributed by atoms with Crippen LogP contribution in [0.15, 0.2) is 17.5 Å². The van der Waals surface area contributed by atoms with Crippen LogP contribution in [0.3, 0.4) is 0 Å². The average molecular weight is 322 g/mol. The summed E-state index contributed by atoms with van der Waals surface area (Å²) in [4.78, 5) is 38.6. The molecule has 0 aliphatic carbocycles. The molecule has 2 unspecified atom stereocenters. The Hall–Kier alpha value is -1.93. The van der Waals surface area contributed by atoms with Gasteiger partial charge in [0.2, 0.25) is 18.2 Å². The van der Waals surface area contributed by atoms with Crippen LogP contribution in [0.4, 0.5) is 0 Å². The molecule has 0 spiro atoms. The van der Waals surface area contributed by atoms with Crippen molar-refractivity contribution in [3.63, 3.8) is 0 Å². The first-order chi connectivity index (χ1) is 10.6. The maximum atomic E-state index is 12.5. The normalized spacial score (nSPS) is 25.9. The number of likely N-dealkylation sites (tertiary alicyclic amines) is 1. The number of carbonyl (C=O) groups excluding carboxylic acids is 3. The lowest BCUT2D eigenvalue weighted by molar-refractivity contribution is -0.138. The van der Waals surface area contributed by atoms with Gasteiger partial charge in [-0.05, 0) is 17.9 Å². The Morgan fingerprint density at radius 2 is 2.27 bits per heavy atom. The lowest BCUT2D eigenvalue weighted by Crippen LogP contribution is -2.51. The minimum atomic E-state index is -0.647. The molecule has 2 saturated heterocycles. The van der Waals surface area contributed by atoms with Gasteiger partial charge in [-0.25, -0.2) is 5.01 Å². The van der Waals surface area contributed by atoms with E-state index in [4.69, 9.17) is 0 Å². The van der Waals surface area contributed by atoms with Gasteiger partial charge in [0.05, 0.1) is 12.6 Å². The monoisotopic (exact) mass is 322 g/mol. The Morgan fingerprint density at radius 3 is 2.95 bits per heavy atom. The summed E-state index contributed by atoms with van der Waals surface area (Å²) >= 11 is 1.66. The van der Waals surface area contributed by atoms with Gasteiger partial charge in [-0.3, -0.25) is 19.4 Å². The van der Waals surface area contributed by atoms with E-state index in [1.54, 1.807) is 28.3 Å². The minimum absolute atomic E-state index is 0.0776. The summed E-state index contributed by atoms with van der Waals surface area (Å²) in [5, 5.41) is 7.76. The van der Waals surface area contributed by atoms with Crippen molar-refractivity contribution in [1.82, 2.24) is 20.2 Å². The second kappa shape index (κ2) is 6.05. The number of thiophene rings is 1. The third kappa shape index (κ3) is 2.71. The maximum Gasteiger partial charge on any atom is 0.247 e. The molecule has 8 heteroatoms. The maximum absolute atomic E-state index is 12.5. The fourth-order valence-electron chi connectivity index (χ4n) is 3.00. The van der Waals surface area contributed by atoms with Gasteiger partial charge in [-0.2, -0.15) is 0 Å². The first kappa shape index (κ1) is 15.0. The third-order valence-corrected chi connectivity index (χ3v) is 5.05. The number of carbonyl (C=O) groups is 3. The molecular formula is C14H18N4O3S. The van der Waals surface area contributed by atoms with E-state index in [9.17, 15) is 14.4 Å². The van der Waals surface area contributed by atoms with Crippen LogP contribution in [0.5, 0.6) is 0 Å². The molecule has 0 radical (unpaired) electrons. The molecule has 0 saturated carbocycles. The molecule has 22 heavy (non-hydrogen) atoms. The van der Waals surface area contributed by atoms with Crippen molar-refractivity contribution in [2.75, 3.05) is 26.7 Å². The fourth-order valence-corrected chi connectivity index (χ4v) is 3.70. The summed E-state index contributed by atoms with van der Waals surface area (Å²) in [6.45, 7) is 1.12. The van der Waals surface area contributed by atoms with Crippen molar-refractivity contribution in [3.8, 4) is 0 Å². The Morgan fingerprint density at radius 1 is 1.45 bits per heavy atom. The number of hydrazine groups is 1. The highest BCUT2D eigenvalue weighted by molar-refractivity contribution is 7.09. The van der Waals surface area contributed by atoms with Crippen LogP contribution in [0, 0.1) is 0 Å². The van der Waals surface area contributed by atoms with E-state index in [-0.39, 0.29) is 24.4 Å². The molecule has 7 nitrogen and oxygen atoms in total. The molecule has 3 rings (SSSR count). The Balaban J connectivity index is 1.73. The van der Waals surface area contributed by atoms with Crippen LogP contribution in [-0.4, -0.2) is 71.9 Å². The SMILES string of the molecule is CN1CC(=O)NC2C(=O)N(CCc3cccs3)CC2N1C=O. The van der Waals surface area contributed by atoms with Gasteiger partial charge in [-0.1, -0.05) is 6.07 Å². The molecule has 1 N–H and O–H groups in total. The summed E-state index contributed by atoms with van der Waals surface area (Å²) < 4.78 is 0. The summed E-state index contributed by atoms with van der Waals surface area (Å²) in [5.41, 5.74) is 0. The van der Waals surface area contributed by atoms with Crippen LogP contribution in [0.25, 0.3) is 0 Å². The standard InChI is InChI=1S/C14H18N4O3S/c1-16-8-12(20)15-13-11(18(16)9-19)7-17(14(13)21)5-4-10-3-2-6-22-10/h2-3,6,9,11,13H,4-5,7-8H2,1H3,(H,15,20). The van der Waals surface area contributed by atoms with Crippen LogP contribution in [0.2, 0.25) is 0 Å².